The highest BCUT2D eigenvalue weighted by molar-refractivity contribution is 5.95. The molecule has 0 aliphatic carbocycles. The third-order valence-corrected chi connectivity index (χ3v) is 3.66. The molecule has 1 aliphatic heterocycles. The summed E-state index contributed by atoms with van der Waals surface area (Å²) in [5, 5.41) is 0. The zero-order chi connectivity index (χ0) is 15.4. The first-order chi connectivity index (χ1) is 10.0. The largest absolute Gasteiger partial charge is 0.399 e. The molecule has 114 valence electrons. The van der Waals surface area contributed by atoms with E-state index in [1.807, 2.05) is 6.92 Å². The van der Waals surface area contributed by atoms with Crippen molar-refractivity contribution in [1.82, 2.24) is 9.80 Å². The van der Waals surface area contributed by atoms with Crippen molar-refractivity contribution in [1.29, 1.82) is 0 Å². The fraction of sp³-hybridized carbons (Fsp3) is 0.467. The van der Waals surface area contributed by atoms with Crippen molar-refractivity contribution in [2.24, 2.45) is 0 Å². The fourth-order valence-electron chi connectivity index (χ4n) is 2.47. The summed E-state index contributed by atoms with van der Waals surface area (Å²) < 4.78 is 13.8. The molecule has 0 aromatic heterocycles. The van der Waals surface area contributed by atoms with Gasteiger partial charge in [0, 0.05) is 38.3 Å². The summed E-state index contributed by atoms with van der Waals surface area (Å²) in [6, 6.07) is 4.08. The summed E-state index contributed by atoms with van der Waals surface area (Å²) in [7, 11) is 0. The summed E-state index contributed by atoms with van der Waals surface area (Å²) in [4.78, 5) is 27.4. The number of nitrogen functional groups attached to an aromatic ring is 1. The summed E-state index contributed by atoms with van der Waals surface area (Å²) >= 11 is 0. The van der Waals surface area contributed by atoms with Crippen LogP contribution in [0.2, 0.25) is 0 Å². The number of anilines is 1. The van der Waals surface area contributed by atoms with Gasteiger partial charge in [0.25, 0.3) is 5.91 Å². The van der Waals surface area contributed by atoms with Crippen molar-refractivity contribution in [3.05, 3.63) is 29.6 Å². The van der Waals surface area contributed by atoms with Crippen molar-refractivity contribution < 1.29 is 14.0 Å². The van der Waals surface area contributed by atoms with Gasteiger partial charge in [-0.2, -0.15) is 0 Å². The Labute approximate surface area is 123 Å². The molecule has 6 heteroatoms. The first-order valence-electron chi connectivity index (χ1n) is 7.15. The highest BCUT2D eigenvalue weighted by atomic mass is 19.1. The standard InChI is InChI=1S/C15H20FN3O2/c1-2-14(20)18-6-3-7-19(9-8-18)15(21)12-5-4-11(17)10-13(12)16/h4-5,10H,2-3,6-9,17H2,1H3. The van der Waals surface area contributed by atoms with Gasteiger partial charge in [0.2, 0.25) is 5.91 Å². The van der Waals surface area contributed by atoms with Gasteiger partial charge < -0.3 is 15.5 Å². The third kappa shape index (κ3) is 3.51. The predicted octanol–water partition coefficient (Wildman–Crippen LogP) is 1.49. The van der Waals surface area contributed by atoms with Gasteiger partial charge in [0.05, 0.1) is 5.56 Å². The highest BCUT2D eigenvalue weighted by Crippen LogP contribution is 2.15. The molecule has 0 bridgehead atoms. The van der Waals surface area contributed by atoms with Crippen LogP contribution in [0.15, 0.2) is 18.2 Å². The number of nitrogens with zero attached hydrogens (tertiary/aromatic N) is 2. The second-order valence-electron chi connectivity index (χ2n) is 5.12. The van der Waals surface area contributed by atoms with E-state index in [-0.39, 0.29) is 17.4 Å². The maximum atomic E-state index is 13.8. The molecule has 2 rings (SSSR count). The molecule has 2 amide bonds. The number of benzene rings is 1. The van der Waals surface area contributed by atoms with Crippen LogP contribution in [0.1, 0.15) is 30.1 Å². The molecule has 1 fully saturated rings. The molecule has 5 nitrogen and oxygen atoms in total. The van der Waals surface area contributed by atoms with E-state index in [0.29, 0.717) is 44.7 Å². The van der Waals surface area contributed by atoms with Crippen LogP contribution in [-0.4, -0.2) is 47.8 Å². The van der Waals surface area contributed by atoms with E-state index >= 15 is 0 Å². The Kier molecular flexibility index (Phi) is 4.77. The predicted molar refractivity (Wildman–Crippen MR) is 78.2 cm³/mol. The quantitative estimate of drug-likeness (QED) is 0.840. The van der Waals surface area contributed by atoms with E-state index < -0.39 is 5.82 Å². The van der Waals surface area contributed by atoms with Crippen LogP contribution in [0, 0.1) is 5.82 Å². The van der Waals surface area contributed by atoms with Crippen LogP contribution in [0.3, 0.4) is 0 Å². The Hall–Kier alpha value is -2.11. The smallest absolute Gasteiger partial charge is 0.256 e. The first-order valence-corrected chi connectivity index (χ1v) is 7.15. The van der Waals surface area contributed by atoms with Crippen molar-refractivity contribution in [3.8, 4) is 0 Å². The van der Waals surface area contributed by atoms with Crippen molar-refractivity contribution in [3.63, 3.8) is 0 Å². The van der Waals surface area contributed by atoms with Crippen LogP contribution in [0.4, 0.5) is 10.1 Å². The molecule has 0 atom stereocenters. The van der Waals surface area contributed by atoms with Crippen molar-refractivity contribution >= 4 is 17.5 Å². The van der Waals surface area contributed by atoms with E-state index in [9.17, 15) is 14.0 Å². The number of carbonyl (C=O) groups is 2. The molecule has 1 saturated heterocycles. The van der Waals surface area contributed by atoms with Gasteiger partial charge >= 0.3 is 0 Å². The number of carbonyl (C=O) groups excluding carboxylic acids is 2. The minimum Gasteiger partial charge on any atom is -0.399 e. The lowest BCUT2D eigenvalue weighted by molar-refractivity contribution is -0.130. The van der Waals surface area contributed by atoms with Crippen LogP contribution < -0.4 is 5.73 Å². The molecule has 0 spiro atoms. The molecule has 21 heavy (non-hydrogen) atoms. The molecular weight excluding hydrogens is 273 g/mol. The summed E-state index contributed by atoms with van der Waals surface area (Å²) in [5.41, 5.74) is 5.81. The monoisotopic (exact) mass is 293 g/mol. The maximum absolute atomic E-state index is 13.8. The summed E-state index contributed by atoms with van der Waals surface area (Å²) in [6.45, 7) is 3.90. The van der Waals surface area contributed by atoms with Crippen molar-refractivity contribution in [2.75, 3.05) is 31.9 Å². The molecule has 0 radical (unpaired) electrons. The lowest BCUT2D eigenvalue weighted by Gasteiger charge is -2.22. The van der Waals surface area contributed by atoms with Crippen LogP contribution in [0.5, 0.6) is 0 Å². The normalized spacial score (nSPS) is 15.7. The lowest BCUT2D eigenvalue weighted by atomic mass is 10.1. The van der Waals surface area contributed by atoms with Gasteiger partial charge in [-0.25, -0.2) is 4.39 Å². The first kappa shape index (κ1) is 15.3. The Morgan fingerprint density at radius 3 is 2.52 bits per heavy atom. The molecule has 1 heterocycles. The van der Waals surface area contributed by atoms with E-state index in [4.69, 9.17) is 5.73 Å². The molecule has 1 aromatic rings. The van der Waals surface area contributed by atoms with E-state index in [1.165, 1.54) is 12.1 Å². The number of hydrogen-bond donors (Lipinski definition) is 1. The molecule has 0 unspecified atom stereocenters. The SMILES string of the molecule is CCC(=O)N1CCCN(C(=O)c2ccc(N)cc2F)CC1. The number of rotatable bonds is 2. The molecule has 1 aromatic carbocycles. The molecule has 2 N–H and O–H groups in total. The lowest BCUT2D eigenvalue weighted by Crippen LogP contribution is -2.37. The summed E-state index contributed by atoms with van der Waals surface area (Å²) in [5.74, 6) is -0.869. The van der Waals surface area contributed by atoms with Gasteiger partial charge in [-0.1, -0.05) is 6.92 Å². The topological polar surface area (TPSA) is 66.6 Å². The fourth-order valence-corrected chi connectivity index (χ4v) is 2.47. The molecule has 0 saturated carbocycles. The third-order valence-electron chi connectivity index (χ3n) is 3.66. The van der Waals surface area contributed by atoms with Crippen LogP contribution in [-0.2, 0) is 4.79 Å². The van der Waals surface area contributed by atoms with Gasteiger partial charge in [-0.15, -0.1) is 0 Å². The number of nitrogens with two attached hydrogens (primary N) is 1. The Bertz CT molecular complexity index is 548. The minimum atomic E-state index is -0.606. The second kappa shape index (κ2) is 6.56. The number of halogens is 1. The van der Waals surface area contributed by atoms with Gasteiger partial charge in [0.15, 0.2) is 0 Å². The zero-order valence-electron chi connectivity index (χ0n) is 12.1. The Morgan fingerprint density at radius 2 is 1.86 bits per heavy atom. The Balaban J connectivity index is 2.08. The average Bonchev–Trinajstić information content (AvgIpc) is 2.71. The number of hydrogen-bond acceptors (Lipinski definition) is 3. The van der Waals surface area contributed by atoms with Crippen LogP contribution >= 0.6 is 0 Å². The zero-order valence-corrected chi connectivity index (χ0v) is 12.1. The van der Waals surface area contributed by atoms with Gasteiger partial charge in [0.1, 0.15) is 5.82 Å². The minimum absolute atomic E-state index is 0.0273. The van der Waals surface area contributed by atoms with Crippen molar-refractivity contribution in [2.45, 2.75) is 19.8 Å². The maximum Gasteiger partial charge on any atom is 0.256 e. The van der Waals surface area contributed by atoms with Gasteiger partial charge in [-0.05, 0) is 24.6 Å². The van der Waals surface area contributed by atoms with E-state index in [1.54, 1.807) is 9.80 Å². The van der Waals surface area contributed by atoms with E-state index in [2.05, 4.69) is 0 Å². The number of amides is 2. The second-order valence-corrected chi connectivity index (χ2v) is 5.12. The highest BCUT2D eigenvalue weighted by Gasteiger charge is 2.23. The Morgan fingerprint density at radius 1 is 1.19 bits per heavy atom. The molecule has 1 aliphatic rings. The van der Waals surface area contributed by atoms with E-state index in [0.717, 1.165) is 6.07 Å². The molecular formula is C15H20FN3O2. The van der Waals surface area contributed by atoms with Gasteiger partial charge in [-0.3, -0.25) is 9.59 Å². The average molecular weight is 293 g/mol. The van der Waals surface area contributed by atoms with Crippen LogP contribution in [0.25, 0.3) is 0 Å². The summed E-state index contributed by atoms with van der Waals surface area (Å²) in [6.07, 6.45) is 1.16.